The number of nitrogen functional groups attached to an aromatic ring is 1. The number of anilines is 1. The van der Waals surface area contributed by atoms with Gasteiger partial charge in [0.25, 0.3) is 0 Å². The van der Waals surface area contributed by atoms with E-state index in [9.17, 15) is 0 Å². The van der Waals surface area contributed by atoms with Crippen LogP contribution in [0.25, 0.3) is 6.08 Å². The Labute approximate surface area is 129 Å². The molecule has 3 N–H and O–H groups in total. The third-order valence-electron chi connectivity index (χ3n) is 4.48. The van der Waals surface area contributed by atoms with E-state index >= 15 is 0 Å². The Bertz CT molecular complexity index is 777. The lowest BCUT2D eigenvalue weighted by Crippen LogP contribution is -2.30. The molecule has 0 spiro atoms. The maximum absolute atomic E-state index is 5.93. The summed E-state index contributed by atoms with van der Waals surface area (Å²) in [6.45, 7) is 0. The maximum Gasteiger partial charge on any atom is 0.152 e. The van der Waals surface area contributed by atoms with Gasteiger partial charge >= 0.3 is 0 Å². The molecule has 0 bridgehead atoms. The first-order valence-electron chi connectivity index (χ1n) is 7.43. The van der Waals surface area contributed by atoms with Crippen molar-refractivity contribution in [2.24, 2.45) is 0 Å². The molecule has 3 aromatic rings. The van der Waals surface area contributed by atoms with Gasteiger partial charge in [0.05, 0.1) is 0 Å². The van der Waals surface area contributed by atoms with Crippen molar-refractivity contribution in [1.82, 2.24) is 10.2 Å². The molecule has 0 fully saturated rings. The molecule has 0 unspecified atom stereocenters. The van der Waals surface area contributed by atoms with Crippen LogP contribution in [0.15, 0.2) is 66.7 Å². The van der Waals surface area contributed by atoms with E-state index in [1.807, 2.05) is 12.1 Å². The summed E-state index contributed by atoms with van der Waals surface area (Å²) in [5, 5.41) is 7.25. The molecule has 0 saturated heterocycles. The minimum absolute atomic E-state index is 0.186. The highest BCUT2D eigenvalue weighted by atomic mass is 15.2. The lowest BCUT2D eigenvalue weighted by Gasteiger charge is -2.34. The summed E-state index contributed by atoms with van der Waals surface area (Å²) in [5.74, 6) is 0.570. The maximum atomic E-state index is 5.93. The molecule has 0 amide bonds. The van der Waals surface area contributed by atoms with E-state index in [0.29, 0.717) is 5.82 Å². The van der Waals surface area contributed by atoms with Crippen LogP contribution in [0.3, 0.4) is 0 Å². The number of nitrogens with zero attached hydrogens (tertiary/aromatic N) is 1. The molecule has 0 aliphatic heterocycles. The van der Waals surface area contributed by atoms with Crippen LogP contribution < -0.4 is 5.73 Å². The predicted molar refractivity (Wildman–Crippen MR) is 89.4 cm³/mol. The first kappa shape index (κ1) is 12.9. The average Bonchev–Trinajstić information content (AvgIpc) is 2.96. The van der Waals surface area contributed by atoms with Crippen molar-refractivity contribution in [2.75, 3.05) is 5.73 Å². The van der Waals surface area contributed by atoms with Crippen molar-refractivity contribution in [1.29, 1.82) is 0 Å². The second-order valence-electron chi connectivity index (χ2n) is 5.71. The number of H-pyrrole nitrogens is 1. The summed E-state index contributed by atoms with van der Waals surface area (Å²) >= 11 is 0. The quantitative estimate of drug-likeness (QED) is 0.757. The zero-order valence-corrected chi connectivity index (χ0v) is 12.2. The number of fused-ring (bicyclic) bond motifs is 1. The monoisotopic (exact) mass is 287 g/mol. The zero-order valence-electron chi connectivity index (χ0n) is 12.2. The van der Waals surface area contributed by atoms with Crippen LogP contribution in [0, 0.1) is 0 Å². The van der Waals surface area contributed by atoms with Crippen LogP contribution in [0.2, 0.25) is 0 Å². The van der Waals surface area contributed by atoms with Crippen LogP contribution in [0.5, 0.6) is 0 Å². The number of rotatable bonds is 2. The van der Waals surface area contributed by atoms with Crippen LogP contribution in [-0.2, 0) is 11.8 Å². The molecule has 0 saturated carbocycles. The Kier molecular flexibility index (Phi) is 2.86. The topological polar surface area (TPSA) is 54.7 Å². The van der Waals surface area contributed by atoms with Gasteiger partial charge in [-0.25, -0.2) is 0 Å². The van der Waals surface area contributed by atoms with Crippen LogP contribution in [0.1, 0.15) is 22.4 Å². The molecule has 4 rings (SSSR count). The highest BCUT2D eigenvalue weighted by molar-refractivity contribution is 5.69. The average molecular weight is 287 g/mol. The van der Waals surface area contributed by atoms with E-state index in [4.69, 9.17) is 5.73 Å². The van der Waals surface area contributed by atoms with Gasteiger partial charge in [0.2, 0.25) is 0 Å². The van der Waals surface area contributed by atoms with Crippen LogP contribution >= 0.6 is 0 Å². The summed E-state index contributed by atoms with van der Waals surface area (Å²) in [7, 11) is 0. The minimum Gasteiger partial charge on any atom is -0.382 e. The van der Waals surface area contributed by atoms with E-state index < -0.39 is 0 Å². The molecule has 2 aromatic carbocycles. The van der Waals surface area contributed by atoms with E-state index in [-0.39, 0.29) is 5.41 Å². The zero-order chi connectivity index (χ0) is 15.0. The number of aromatic amines is 1. The van der Waals surface area contributed by atoms with Gasteiger partial charge in [-0.05, 0) is 11.1 Å². The molecule has 1 heterocycles. The molecule has 22 heavy (non-hydrogen) atoms. The standard InChI is InChI=1S/C19H17N3/c20-18-16-11-12-19(13-17(16)21-22-18,14-7-3-1-4-8-14)15-9-5-2-6-10-15/h1-12H,13H2,(H3,20,21,22). The largest absolute Gasteiger partial charge is 0.382 e. The van der Waals surface area contributed by atoms with Gasteiger partial charge in [0.1, 0.15) is 0 Å². The van der Waals surface area contributed by atoms with Gasteiger partial charge in [0, 0.05) is 23.1 Å². The van der Waals surface area contributed by atoms with Crippen molar-refractivity contribution >= 4 is 11.9 Å². The smallest absolute Gasteiger partial charge is 0.152 e. The van der Waals surface area contributed by atoms with E-state index in [2.05, 4.69) is 70.9 Å². The molecular formula is C19H17N3. The van der Waals surface area contributed by atoms with Gasteiger partial charge in [-0.1, -0.05) is 72.8 Å². The van der Waals surface area contributed by atoms with Gasteiger partial charge in [0.15, 0.2) is 5.82 Å². The molecule has 3 heteroatoms. The van der Waals surface area contributed by atoms with Crippen LogP contribution in [0.4, 0.5) is 5.82 Å². The minimum atomic E-state index is -0.186. The number of nitrogens with two attached hydrogens (primary N) is 1. The molecule has 0 atom stereocenters. The predicted octanol–water partition coefficient (Wildman–Crippen LogP) is 3.55. The molecule has 0 radical (unpaired) electrons. The summed E-state index contributed by atoms with van der Waals surface area (Å²) in [6.07, 6.45) is 5.18. The van der Waals surface area contributed by atoms with Crippen molar-refractivity contribution in [3.05, 3.63) is 89.1 Å². The van der Waals surface area contributed by atoms with Gasteiger partial charge in [-0.15, -0.1) is 0 Å². The normalized spacial score (nSPS) is 15.5. The summed E-state index contributed by atoms with van der Waals surface area (Å²) < 4.78 is 0. The number of benzene rings is 2. The van der Waals surface area contributed by atoms with Crippen LogP contribution in [-0.4, -0.2) is 10.2 Å². The Morgan fingerprint density at radius 1 is 0.909 bits per heavy atom. The van der Waals surface area contributed by atoms with E-state index in [0.717, 1.165) is 17.7 Å². The van der Waals surface area contributed by atoms with E-state index in [1.165, 1.54) is 11.1 Å². The first-order chi connectivity index (χ1) is 10.8. The van der Waals surface area contributed by atoms with Crippen molar-refractivity contribution in [2.45, 2.75) is 11.8 Å². The molecule has 3 nitrogen and oxygen atoms in total. The Hall–Kier alpha value is -2.81. The third kappa shape index (κ3) is 1.86. The third-order valence-corrected chi connectivity index (χ3v) is 4.48. The Morgan fingerprint density at radius 3 is 2.09 bits per heavy atom. The number of hydrogen-bond donors (Lipinski definition) is 2. The fraction of sp³-hybridized carbons (Fsp3) is 0.105. The first-order valence-corrected chi connectivity index (χ1v) is 7.43. The van der Waals surface area contributed by atoms with E-state index in [1.54, 1.807) is 0 Å². The summed E-state index contributed by atoms with van der Waals surface area (Å²) in [4.78, 5) is 0. The van der Waals surface area contributed by atoms with Crippen molar-refractivity contribution in [3.63, 3.8) is 0 Å². The molecular weight excluding hydrogens is 270 g/mol. The molecule has 108 valence electrons. The summed E-state index contributed by atoms with van der Waals surface area (Å²) in [5.41, 5.74) is 10.4. The van der Waals surface area contributed by atoms with Crippen molar-refractivity contribution < 1.29 is 0 Å². The highest BCUT2D eigenvalue weighted by Gasteiger charge is 2.35. The second-order valence-corrected chi connectivity index (χ2v) is 5.71. The lowest BCUT2D eigenvalue weighted by molar-refractivity contribution is 0.620. The fourth-order valence-corrected chi connectivity index (χ4v) is 3.32. The number of nitrogens with one attached hydrogen (secondary N) is 1. The number of allylic oxidation sites excluding steroid dienone is 1. The number of aromatic nitrogens is 2. The number of hydrogen-bond acceptors (Lipinski definition) is 2. The van der Waals surface area contributed by atoms with Gasteiger partial charge < -0.3 is 5.73 Å². The fourth-order valence-electron chi connectivity index (χ4n) is 3.32. The van der Waals surface area contributed by atoms with Gasteiger partial charge in [-0.3, -0.25) is 5.10 Å². The Morgan fingerprint density at radius 2 is 1.50 bits per heavy atom. The highest BCUT2D eigenvalue weighted by Crippen LogP contribution is 2.41. The molecule has 1 aliphatic rings. The lowest BCUT2D eigenvalue weighted by atomic mass is 9.68. The molecule has 1 aliphatic carbocycles. The Balaban J connectivity index is 1.93. The van der Waals surface area contributed by atoms with Gasteiger partial charge in [-0.2, -0.15) is 5.10 Å². The van der Waals surface area contributed by atoms with Crippen molar-refractivity contribution in [3.8, 4) is 0 Å². The SMILES string of the molecule is Nc1n[nH]c2c1C=CC(c1ccccc1)(c1ccccc1)C2. The second kappa shape index (κ2) is 4.88. The molecule has 1 aromatic heterocycles. The summed E-state index contributed by atoms with van der Waals surface area (Å²) in [6, 6.07) is 21.2.